The predicted octanol–water partition coefficient (Wildman–Crippen LogP) is 2.11. The molecule has 0 amide bonds. The zero-order valence-electron chi connectivity index (χ0n) is 11.4. The van der Waals surface area contributed by atoms with E-state index >= 15 is 0 Å². The van der Waals surface area contributed by atoms with Gasteiger partial charge >= 0.3 is 0 Å². The third kappa shape index (κ3) is 3.45. The van der Waals surface area contributed by atoms with Crippen molar-refractivity contribution in [2.75, 3.05) is 20.3 Å². The van der Waals surface area contributed by atoms with Crippen molar-refractivity contribution in [2.24, 2.45) is 17.1 Å². The molecular formula is C15H22FNO2. The van der Waals surface area contributed by atoms with Gasteiger partial charge in [0, 0.05) is 12.0 Å². The van der Waals surface area contributed by atoms with Gasteiger partial charge in [-0.3, -0.25) is 0 Å². The van der Waals surface area contributed by atoms with Crippen molar-refractivity contribution in [1.82, 2.24) is 0 Å². The van der Waals surface area contributed by atoms with Crippen LogP contribution >= 0.6 is 0 Å². The maximum atomic E-state index is 13.7. The van der Waals surface area contributed by atoms with Crippen molar-refractivity contribution in [3.63, 3.8) is 0 Å². The lowest BCUT2D eigenvalue weighted by Gasteiger charge is -2.31. The first-order chi connectivity index (χ1) is 9.12. The molecule has 1 aliphatic rings. The van der Waals surface area contributed by atoms with E-state index in [1.54, 1.807) is 6.07 Å². The zero-order chi connectivity index (χ0) is 13.9. The van der Waals surface area contributed by atoms with E-state index in [0.29, 0.717) is 18.9 Å². The Hall–Kier alpha value is -1.13. The maximum Gasteiger partial charge on any atom is 0.165 e. The Bertz CT molecular complexity index is 428. The van der Waals surface area contributed by atoms with Gasteiger partial charge in [-0.1, -0.05) is 18.9 Å². The number of rotatable bonds is 7. The van der Waals surface area contributed by atoms with Crippen LogP contribution in [-0.4, -0.2) is 25.4 Å². The van der Waals surface area contributed by atoms with E-state index < -0.39 is 0 Å². The van der Waals surface area contributed by atoms with Gasteiger partial charge in [0.2, 0.25) is 0 Å². The standard InChI is InChI=1S/C15H22FNO2/c1-19-14-5-4-12(6-13(14)16)8-15(9-17,10-18)7-11-2-3-11/h4-6,11,18H,2-3,7-10,17H2,1H3. The van der Waals surface area contributed by atoms with Gasteiger partial charge in [-0.25, -0.2) is 4.39 Å². The van der Waals surface area contributed by atoms with Crippen LogP contribution < -0.4 is 10.5 Å². The van der Waals surface area contributed by atoms with Gasteiger partial charge in [0.15, 0.2) is 11.6 Å². The summed E-state index contributed by atoms with van der Waals surface area (Å²) in [6.07, 6.45) is 3.97. The summed E-state index contributed by atoms with van der Waals surface area (Å²) in [6.45, 7) is 0.474. The number of nitrogens with two attached hydrogens (primary N) is 1. The van der Waals surface area contributed by atoms with E-state index in [9.17, 15) is 9.50 Å². The molecule has 1 fully saturated rings. The third-order valence-electron chi connectivity index (χ3n) is 3.98. The molecule has 1 atom stereocenters. The van der Waals surface area contributed by atoms with Gasteiger partial charge in [0.05, 0.1) is 13.7 Å². The van der Waals surface area contributed by atoms with Crippen molar-refractivity contribution in [2.45, 2.75) is 25.7 Å². The first kappa shape index (κ1) is 14.3. The molecule has 3 N–H and O–H groups in total. The number of methoxy groups -OCH3 is 1. The van der Waals surface area contributed by atoms with Crippen LogP contribution in [-0.2, 0) is 6.42 Å². The molecule has 106 valence electrons. The molecule has 1 aromatic rings. The average molecular weight is 267 g/mol. The van der Waals surface area contributed by atoms with Crippen LogP contribution in [0.2, 0.25) is 0 Å². The highest BCUT2D eigenvalue weighted by Gasteiger charge is 2.35. The second-order valence-electron chi connectivity index (χ2n) is 5.66. The van der Waals surface area contributed by atoms with Crippen molar-refractivity contribution in [1.29, 1.82) is 0 Å². The summed E-state index contributed by atoms with van der Waals surface area (Å²) in [5.74, 6) is 0.558. The van der Waals surface area contributed by atoms with Gasteiger partial charge < -0.3 is 15.6 Å². The van der Waals surface area contributed by atoms with Gasteiger partial charge in [0.25, 0.3) is 0 Å². The second kappa shape index (κ2) is 5.88. The Balaban J connectivity index is 2.13. The van der Waals surface area contributed by atoms with E-state index in [1.807, 2.05) is 6.07 Å². The van der Waals surface area contributed by atoms with Crippen molar-refractivity contribution < 1.29 is 14.2 Å². The fourth-order valence-electron chi connectivity index (χ4n) is 2.60. The van der Waals surface area contributed by atoms with Crippen molar-refractivity contribution in [3.05, 3.63) is 29.6 Å². The minimum Gasteiger partial charge on any atom is -0.494 e. The Morgan fingerprint density at radius 2 is 2.21 bits per heavy atom. The van der Waals surface area contributed by atoms with Crippen LogP contribution in [0.1, 0.15) is 24.8 Å². The van der Waals surface area contributed by atoms with E-state index in [4.69, 9.17) is 10.5 Å². The second-order valence-corrected chi connectivity index (χ2v) is 5.66. The van der Waals surface area contributed by atoms with Crippen LogP contribution in [0.25, 0.3) is 0 Å². The fraction of sp³-hybridized carbons (Fsp3) is 0.600. The molecule has 0 aliphatic heterocycles. The molecule has 4 heteroatoms. The first-order valence-corrected chi connectivity index (χ1v) is 6.76. The van der Waals surface area contributed by atoms with E-state index in [-0.39, 0.29) is 23.6 Å². The molecule has 1 saturated carbocycles. The largest absolute Gasteiger partial charge is 0.494 e. The van der Waals surface area contributed by atoms with Crippen LogP contribution in [0.15, 0.2) is 18.2 Å². The molecule has 2 rings (SSSR count). The van der Waals surface area contributed by atoms with E-state index in [1.165, 1.54) is 26.0 Å². The molecule has 1 unspecified atom stereocenters. The van der Waals surface area contributed by atoms with E-state index in [0.717, 1.165) is 12.0 Å². The summed E-state index contributed by atoms with van der Waals surface area (Å²) in [6, 6.07) is 4.95. The highest BCUT2D eigenvalue weighted by atomic mass is 19.1. The smallest absolute Gasteiger partial charge is 0.165 e. The minimum absolute atomic E-state index is 0.0493. The fourth-order valence-corrected chi connectivity index (χ4v) is 2.60. The Morgan fingerprint density at radius 3 is 2.68 bits per heavy atom. The summed E-state index contributed by atoms with van der Waals surface area (Å²) >= 11 is 0. The van der Waals surface area contributed by atoms with Gasteiger partial charge in [-0.15, -0.1) is 0 Å². The number of hydrogen-bond donors (Lipinski definition) is 2. The van der Waals surface area contributed by atoms with Gasteiger partial charge in [-0.2, -0.15) is 0 Å². The van der Waals surface area contributed by atoms with E-state index in [2.05, 4.69) is 0 Å². The third-order valence-corrected chi connectivity index (χ3v) is 3.98. The summed E-state index contributed by atoms with van der Waals surface area (Å²) in [4.78, 5) is 0. The van der Waals surface area contributed by atoms with Crippen LogP contribution in [0.4, 0.5) is 4.39 Å². The minimum atomic E-state index is -0.365. The molecule has 0 bridgehead atoms. The number of ether oxygens (including phenoxy) is 1. The SMILES string of the molecule is COc1ccc(CC(CN)(CO)CC2CC2)cc1F. The molecule has 0 saturated heterocycles. The summed E-state index contributed by atoms with van der Waals surface area (Å²) in [5, 5.41) is 9.69. The number of aliphatic hydroxyl groups excluding tert-OH is 1. The first-order valence-electron chi connectivity index (χ1n) is 6.76. The lowest BCUT2D eigenvalue weighted by Crippen LogP contribution is -2.37. The molecule has 0 radical (unpaired) electrons. The van der Waals surface area contributed by atoms with Crippen LogP contribution in [0.3, 0.4) is 0 Å². The van der Waals surface area contributed by atoms with Crippen molar-refractivity contribution >= 4 is 0 Å². The molecule has 0 spiro atoms. The van der Waals surface area contributed by atoms with Gasteiger partial charge in [0.1, 0.15) is 0 Å². The Labute approximate surface area is 113 Å². The lowest BCUT2D eigenvalue weighted by atomic mass is 9.78. The number of benzene rings is 1. The summed E-state index contributed by atoms with van der Waals surface area (Å²) in [5.41, 5.74) is 6.40. The molecule has 1 aliphatic carbocycles. The molecule has 3 nitrogen and oxygen atoms in total. The monoisotopic (exact) mass is 267 g/mol. The van der Waals surface area contributed by atoms with Crippen molar-refractivity contribution in [3.8, 4) is 5.75 Å². The molecule has 0 heterocycles. The molecular weight excluding hydrogens is 245 g/mol. The molecule has 0 aromatic heterocycles. The summed E-state index contributed by atoms with van der Waals surface area (Å²) in [7, 11) is 1.45. The lowest BCUT2D eigenvalue weighted by molar-refractivity contribution is 0.115. The number of aliphatic hydroxyl groups is 1. The normalized spacial score (nSPS) is 18.1. The highest BCUT2D eigenvalue weighted by molar-refractivity contribution is 5.30. The van der Waals surface area contributed by atoms with Crippen LogP contribution in [0, 0.1) is 17.2 Å². The predicted molar refractivity (Wildman–Crippen MR) is 72.6 cm³/mol. The van der Waals surface area contributed by atoms with Gasteiger partial charge in [-0.05, 0) is 36.5 Å². The van der Waals surface area contributed by atoms with Crippen LogP contribution in [0.5, 0.6) is 5.75 Å². The average Bonchev–Trinajstić information content (AvgIpc) is 3.22. The number of hydrogen-bond acceptors (Lipinski definition) is 3. The Morgan fingerprint density at radius 1 is 1.47 bits per heavy atom. The zero-order valence-corrected chi connectivity index (χ0v) is 11.4. The molecule has 1 aromatic carbocycles. The molecule has 19 heavy (non-hydrogen) atoms. The topological polar surface area (TPSA) is 55.5 Å². The summed E-state index contributed by atoms with van der Waals surface area (Å²) < 4.78 is 18.6. The Kier molecular flexibility index (Phi) is 4.42. The maximum absolute atomic E-state index is 13.7. The highest BCUT2D eigenvalue weighted by Crippen LogP contribution is 2.41. The quantitative estimate of drug-likeness (QED) is 0.795. The number of halogens is 1.